The SMILES string of the molecule is COc1ccc(CN(C(=O)COc2ccccc2)c2ccccc2C(=O)O)cc1. The number of carbonyl (C=O) groups excluding carboxylic acids is 1. The fourth-order valence-electron chi connectivity index (χ4n) is 2.85. The van der Waals surface area contributed by atoms with Crippen LogP contribution in [-0.2, 0) is 11.3 Å². The van der Waals surface area contributed by atoms with Crippen LogP contribution in [0.4, 0.5) is 5.69 Å². The molecule has 1 amide bonds. The number of methoxy groups -OCH3 is 1. The number of aromatic carboxylic acids is 1. The molecule has 0 spiro atoms. The minimum atomic E-state index is -1.10. The van der Waals surface area contributed by atoms with Gasteiger partial charge in [0.2, 0.25) is 0 Å². The predicted molar refractivity (Wildman–Crippen MR) is 110 cm³/mol. The van der Waals surface area contributed by atoms with Crippen LogP contribution in [-0.4, -0.2) is 30.7 Å². The highest BCUT2D eigenvalue weighted by molar-refractivity contribution is 6.02. The Morgan fingerprint density at radius 2 is 1.52 bits per heavy atom. The molecule has 0 aliphatic rings. The third-order valence-electron chi connectivity index (χ3n) is 4.33. The van der Waals surface area contributed by atoms with Crippen LogP contribution in [0.2, 0.25) is 0 Å². The molecule has 6 heteroatoms. The van der Waals surface area contributed by atoms with E-state index in [0.717, 1.165) is 5.56 Å². The molecular weight excluding hydrogens is 370 g/mol. The smallest absolute Gasteiger partial charge is 0.337 e. The van der Waals surface area contributed by atoms with E-state index in [1.54, 1.807) is 49.6 Å². The fraction of sp³-hybridized carbons (Fsp3) is 0.130. The highest BCUT2D eigenvalue weighted by atomic mass is 16.5. The Bertz CT molecular complexity index is 970. The molecule has 3 aromatic rings. The zero-order valence-corrected chi connectivity index (χ0v) is 15.9. The van der Waals surface area contributed by atoms with E-state index in [2.05, 4.69) is 0 Å². The first-order valence-corrected chi connectivity index (χ1v) is 9.02. The molecule has 0 atom stereocenters. The molecule has 0 unspecified atom stereocenters. The molecule has 0 aromatic heterocycles. The van der Waals surface area contributed by atoms with Crippen molar-refractivity contribution >= 4 is 17.6 Å². The molecule has 148 valence electrons. The lowest BCUT2D eigenvalue weighted by Crippen LogP contribution is -2.35. The van der Waals surface area contributed by atoms with Crippen molar-refractivity contribution in [1.29, 1.82) is 0 Å². The van der Waals surface area contributed by atoms with Gasteiger partial charge in [-0.05, 0) is 42.0 Å². The molecule has 3 aromatic carbocycles. The van der Waals surface area contributed by atoms with Crippen molar-refractivity contribution in [2.45, 2.75) is 6.54 Å². The number of hydrogen-bond acceptors (Lipinski definition) is 4. The summed E-state index contributed by atoms with van der Waals surface area (Å²) in [5.74, 6) is -0.183. The molecule has 29 heavy (non-hydrogen) atoms. The number of rotatable bonds is 8. The highest BCUT2D eigenvalue weighted by Gasteiger charge is 2.22. The Morgan fingerprint density at radius 3 is 2.17 bits per heavy atom. The summed E-state index contributed by atoms with van der Waals surface area (Å²) >= 11 is 0. The van der Waals surface area contributed by atoms with Gasteiger partial charge in [0.1, 0.15) is 11.5 Å². The molecule has 0 heterocycles. The van der Waals surface area contributed by atoms with Crippen molar-refractivity contribution in [3.05, 3.63) is 90.0 Å². The Labute approximate surface area is 168 Å². The summed E-state index contributed by atoms with van der Waals surface area (Å²) in [4.78, 5) is 26.1. The summed E-state index contributed by atoms with van der Waals surface area (Å²) in [5, 5.41) is 9.55. The van der Waals surface area contributed by atoms with E-state index in [1.165, 1.54) is 11.0 Å². The number of nitrogens with zero attached hydrogens (tertiary/aromatic N) is 1. The number of amides is 1. The van der Waals surface area contributed by atoms with Gasteiger partial charge in [-0.15, -0.1) is 0 Å². The number of anilines is 1. The normalized spacial score (nSPS) is 10.2. The van der Waals surface area contributed by atoms with Gasteiger partial charge in [0, 0.05) is 0 Å². The molecule has 0 bridgehead atoms. The first-order valence-electron chi connectivity index (χ1n) is 9.02. The van der Waals surface area contributed by atoms with Crippen molar-refractivity contribution in [3.8, 4) is 11.5 Å². The zero-order chi connectivity index (χ0) is 20.6. The van der Waals surface area contributed by atoms with Gasteiger partial charge in [-0.3, -0.25) is 4.79 Å². The minimum absolute atomic E-state index is 0.0501. The van der Waals surface area contributed by atoms with Crippen LogP contribution in [0.1, 0.15) is 15.9 Å². The number of hydrogen-bond donors (Lipinski definition) is 1. The van der Waals surface area contributed by atoms with Gasteiger partial charge in [-0.2, -0.15) is 0 Å². The maximum Gasteiger partial charge on any atom is 0.337 e. The van der Waals surface area contributed by atoms with Crippen molar-refractivity contribution in [2.75, 3.05) is 18.6 Å². The monoisotopic (exact) mass is 391 g/mol. The first-order chi connectivity index (χ1) is 14.1. The number of carboxylic acid groups (broad SMARTS) is 1. The van der Waals surface area contributed by atoms with Gasteiger partial charge in [-0.1, -0.05) is 42.5 Å². The molecule has 0 saturated carbocycles. The highest BCUT2D eigenvalue weighted by Crippen LogP contribution is 2.24. The van der Waals surface area contributed by atoms with Crippen LogP contribution in [0.15, 0.2) is 78.9 Å². The quantitative estimate of drug-likeness (QED) is 0.628. The molecule has 0 aliphatic heterocycles. The number of benzene rings is 3. The van der Waals surface area contributed by atoms with Gasteiger partial charge in [0.05, 0.1) is 24.9 Å². The van der Waals surface area contributed by atoms with E-state index in [4.69, 9.17) is 9.47 Å². The van der Waals surface area contributed by atoms with Crippen molar-refractivity contribution < 1.29 is 24.2 Å². The second kappa shape index (κ2) is 9.41. The average Bonchev–Trinajstić information content (AvgIpc) is 2.77. The van der Waals surface area contributed by atoms with Crippen LogP contribution in [0.25, 0.3) is 0 Å². The molecule has 6 nitrogen and oxygen atoms in total. The third-order valence-corrected chi connectivity index (χ3v) is 4.33. The van der Waals surface area contributed by atoms with Crippen LogP contribution in [0, 0.1) is 0 Å². The minimum Gasteiger partial charge on any atom is -0.497 e. The van der Waals surface area contributed by atoms with Gasteiger partial charge in [0.15, 0.2) is 6.61 Å². The van der Waals surface area contributed by atoms with Crippen molar-refractivity contribution in [1.82, 2.24) is 0 Å². The second-order valence-electron chi connectivity index (χ2n) is 6.25. The summed E-state index contributed by atoms with van der Waals surface area (Å²) in [7, 11) is 1.58. The van der Waals surface area contributed by atoms with Gasteiger partial charge >= 0.3 is 5.97 Å². The number of carboxylic acids is 1. The van der Waals surface area contributed by atoms with Crippen molar-refractivity contribution in [3.63, 3.8) is 0 Å². The maximum atomic E-state index is 13.0. The molecule has 0 saturated heterocycles. The molecule has 1 N–H and O–H groups in total. The largest absolute Gasteiger partial charge is 0.497 e. The van der Waals surface area contributed by atoms with Gasteiger partial charge in [-0.25, -0.2) is 4.79 Å². The van der Waals surface area contributed by atoms with E-state index in [9.17, 15) is 14.7 Å². The number of ether oxygens (including phenoxy) is 2. The Balaban J connectivity index is 1.88. The summed E-state index contributed by atoms with van der Waals surface area (Å²) in [6, 6.07) is 22.7. The maximum absolute atomic E-state index is 13.0. The van der Waals surface area contributed by atoms with E-state index in [-0.39, 0.29) is 24.6 Å². The topological polar surface area (TPSA) is 76.1 Å². The molecular formula is C23H21NO5. The second-order valence-corrected chi connectivity index (χ2v) is 6.25. The lowest BCUT2D eigenvalue weighted by molar-refractivity contribution is -0.120. The lowest BCUT2D eigenvalue weighted by atomic mass is 10.1. The fourth-order valence-corrected chi connectivity index (χ4v) is 2.85. The van der Waals surface area contributed by atoms with Gasteiger partial charge < -0.3 is 19.5 Å². The summed E-state index contributed by atoms with van der Waals surface area (Å²) < 4.78 is 10.8. The number of para-hydroxylation sites is 2. The van der Waals surface area contributed by atoms with Crippen LogP contribution in [0.3, 0.4) is 0 Å². The Kier molecular flexibility index (Phi) is 6.47. The summed E-state index contributed by atoms with van der Waals surface area (Å²) in [5.41, 5.74) is 1.20. The number of carbonyl (C=O) groups is 2. The zero-order valence-electron chi connectivity index (χ0n) is 15.9. The standard InChI is InChI=1S/C23H21NO5/c1-28-18-13-11-17(12-14-18)15-24(21-10-6-5-9-20(21)23(26)27)22(25)16-29-19-7-3-2-4-8-19/h2-14H,15-16H2,1H3,(H,26,27). The molecule has 0 fully saturated rings. The van der Waals surface area contributed by atoms with E-state index in [0.29, 0.717) is 17.2 Å². The van der Waals surface area contributed by atoms with Crippen LogP contribution >= 0.6 is 0 Å². The van der Waals surface area contributed by atoms with E-state index < -0.39 is 5.97 Å². The third kappa shape index (κ3) is 5.13. The van der Waals surface area contributed by atoms with Crippen LogP contribution < -0.4 is 14.4 Å². The lowest BCUT2D eigenvalue weighted by Gasteiger charge is -2.24. The molecule has 0 aliphatic carbocycles. The Hall–Kier alpha value is -3.80. The van der Waals surface area contributed by atoms with Crippen LogP contribution in [0.5, 0.6) is 11.5 Å². The van der Waals surface area contributed by atoms with Crippen molar-refractivity contribution in [2.24, 2.45) is 0 Å². The Morgan fingerprint density at radius 1 is 0.862 bits per heavy atom. The van der Waals surface area contributed by atoms with Gasteiger partial charge in [0.25, 0.3) is 5.91 Å². The van der Waals surface area contributed by atoms with E-state index >= 15 is 0 Å². The first kappa shape index (κ1) is 19.9. The van der Waals surface area contributed by atoms with E-state index in [1.807, 2.05) is 30.3 Å². The average molecular weight is 391 g/mol. The summed E-state index contributed by atoms with van der Waals surface area (Å²) in [6.07, 6.45) is 0. The summed E-state index contributed by atoms with van der Waals surface area (Å²) in [6.45, 7) is -0.0145. The molecule has 3 rings (SSSR count). The molecule has 0 radical (unpaired) electrons. The predicted octanol–water partition coefficient (Wildman–Crippen LogP) is 4.01.